The molecule has 1 aromatic heterocycles. The fourth-order valence-corrected chi connectivity index (χ4v) is 2.85. The Bertz CT molecular complexity index is 918. The van der Waals surface area contributed by atoms with Crippen molar-refractivity contribution >= 4 is 17.5 Å². The highest BCUT2D eigenvalue weighted by atomic mass is 32.2. The molecular formula is C17H14F2N4O2S. The number of halogens is 2. The molecule has 0 aliphatic carbocycles. The fraction of sp³-hybridized carbons (Fsp3) is 0.118. The quantitative estimate of drug-likeness (QED) is 0.388. The molecule has 2 aromatic carbocycles. The Morgan fingerprint density at radius 1 is 1.15 bits per heavy atom. The first-order chi connectivity index (χ1) is 12.5. The van der Waals surface area contributed by atoms with Crippen molar-refractivity contribution in [3.8, 4) is 5.75 Å². The first-order valence-corrected chi connectivity index (χ1v) is 8.51. The highest BCUT2D eigenvalue weighted by Gasteiger charge is 2.16. The first-order valence-electron chi connectivity index (χ1n) is 7.53. The van der Waals surface area contributed by atoms with E-state index in [1.54, 1.807) is 12.1 Å². The van der Waals surface area contributed by atoms with E-state index in [1.165, 1.54) is 4.68 Å². The third kappa shape index (κ3) is 4.17. The molecule has 0 bridgehead atoms. The maximum Gasteiger partial charge on any atom is 0.210 e. The highest BCUT2D eigenvalue weighted by Crippen LogP contribution is 2.19. The van der Waals surface area contributed by atoms with Gasteiger partial charge in [0.25, 0.3) is 0 Å². The summed E-state index contributed by atoms with van der Waals surface area (Å²) < 4.78 is 33.3. The Morgan fingerprint density at radius 3 is 2.65 bits per heavy atom. The highest BCUT2D eigenvalue weighted by molar-refractivity contribution is 7.99. The van der Waals surface area contributed by atoms with Crippen molar-refractivity contribution in [2.24, 2.45) is 0 Å². The molecule has 2 N–H and O–H groups in total. The van der Waals surface area contributed by atoms with E-state index in [9.17, 15) is 13.6 Å². The first kappa shape index (κ1) is 17.9. The van der Waals surface area contributed by atoms with Gasteiger partial charge in [-0.3, -0.25) is 4.79 Å². The standard InChI is InChI=1S/C17H14F2N4O2S/c18-11-6-7-13(14(19)8-11)15(24)10-26-17-22-21-16(23(17)20)9-25-12-4-2-1-3-5-12/h1-8H,9-10,20H2. The van der Waals surface area contributed by atoms with E-state index >= 15 is 0 Å². The summed E-state index contributed by atoms with van der Waals surface area (Å²) in [4.78, 5) is 12.1. The molecule has 3 rings (SSSR count). The molecule has 0 saturated carbocycles. The van der Waals surface area contributed by atoms with E-state index in [1.807, 2.05) is 18.2 Å². The van der Waals surface area contributed by atoms with E-state index in [2.05, 4.69) is 10.2 Å². The number of ketones is 1. The van der Waals surface area contributed by atoms with Crippen LogP contribution in [0.3, 0.4) is 0 Å². The van der Waals surface area contributed by atoms with Gasteiger partial charge in [-0.05, 0) is 24.3 Å². The Kier molecular flexibility index (Phi) is 5.47. The van der Waals surface area contributed by atoms with Gasteiger partial charge in [-0.15, -0.1) is 10.2 Å². The van der Waals surface area contributed by atoms with Gasteiger partial charge in [0, 0.05) is 6.07 Å². The maximum atomic E-state index is 13.6. The number of Topliss-reactive ketones (excluding diaryl/α,β-unsaturated/α-hetero) is 1. The van der Waals surface area contributed by atoms with Crippen LogP contribution in [-0.4, -0.2) is 26.4 Å². The van der Waals surface area contributed by atoms with E-state index in [0.717, 1.165) is 23.9 Å². The minimum absolute atomic E-state index is 0.106. The molecule has 1 heterocycles. The number of nitrogens with two attached hydrogens (primary N) is 1. The average Bonchev–Trinajstić information content (AvgIpc) is 2.98. The second-order valence-corrected chi connectivity index (χ2v) is 6.15. The van der Waals surface area contributed by atoms with Gasteiger partial charge < -0.3 is 10.6 Å². The summed E-state index contributed by atoms with van der Waals surface area (Å²) >= 11 is 1.00. The van der Waals surface area contributed by atoms with Crippen molar-refractivity contribution in [1.29, 1.82) is 0 Å². The van der Waals surface area contributed by atoms with E-state index in [0.29, 0.717) is 17.6 Å². The lowest BCUT2D eigenvalue weighted by Gasteiger charge is -2.06. The van der Waals surface area contributed by atoms with Crippen LogP contribution in [0.25, 0.3) is 0 Å². The molecule has 0 saturated heterocycles. The van der Waals surface area contributed by atoms with Crippen LogP contribution in [0.2, 0.25) is 0 Å². The Hall–Kier alpha value is -2.94. The van der Waals surface area contributed by atoms with E-state index in [4.69, 9.17) is 10.6 Å². The molecule has 0 spiro atoms. The van der Waals surface area contributed by atoms with Gasteiger partial charge in [0.05, 0.1) is 11.3 Å². The number of para-hydroxylation sites is 1. The number of hydrogen-bond donors (Lipinski definition) is 1. The Labute approximate surface area is 152 Å². The normalized spacial score (nSPS) is 10.7. The van der Waals surface area contributed by atoms with Crippen LogP contribution < -0.4 is 10.6 Å². The van der Waals surface area contributed by atoms with Crippen molar-refractivity contribution in [3.63, 3.8) is 0 Å². The summed E-state index contributed by atoms with van der Waals surface area (Å²) in [6.45, 7) is 0.106. The molecule has 0 radical (unpaired) electrons. The zero-order chi connectivity index (χ0) is 18.5. The van der Waals surface area contributed by atoms with Crippen LogP contribution >= 0.6 is 11.8 Å². The smallest absolute Gasteiger partial charge is 0.210 e. The molecular weight excluding hydrogens is 362 g/mol. The van der Waals surface area contributed by atoms with Gasteiger partial charge in [0.15, 0.2) is 11.6 Å². The average molecular weight is 376 g/mol. The largest absolute Gasteiger partial charge is 0.486 e. The van der Waals surface area contributed by atoms with Gasteiger partial charge in [-0.1, -0.05) is 30.0 Å². The molecule has 26 heavy (non-hydrogen) atoms. The van der Waals surface area contributed by atoms with Crippen LogP contribution in [0.1, 0.15) is 16.2 Å². The molecule has 0 amide bonds. The third-order valence-electron chi connectivity index (χ3n) is 3.41. The lowest BCUT2D eigenvalue weighted by atomic mass is 10.1. The zero-order valence-corrected chi connectivity index (χ0v) is 14.2. The van der Waals surface area contributed by atoms with Gasteiger partial charge in [0.1, 0.15) is 24.0 Å². The van der Waals surface area contributed by atoms with Gasteiger partial charge in [0.2, 0.25) is 5.16 Å². The fourth-order valence-electron chi connectivity index (χ4n) is 2.09. The summed E-state index contributed by atoms with van der Waals surface area (Å²) in [5, 5.41) is 8.10. The summed E-state index contributed by atoms with van der Waals surface area (Å²) in [5.74, 6) is 4.67. The van der Waals surface area contributed by atoms with Crippen molar-refractivity contribution in [2.45, 2.75) is 11.8 Å². The molecule has 0 fully saturated rings. The molecule has 6 nitrogen and oxygen atoms in total. The number of rotatable bonds is 7. The molecule has 0 unspecified atom stereocenters. The number of ether oxygens (including phenoxy) is 1. The minimum Gasteiger partial charge on any atom is -0.486 e. The Morgan fingerprint density at radius 2 is 1.92 bits per heavy atom. The zero-order valence-electron chi connectivity index (χ0n) is 13.4. The minimum atomic E-state index is -0.901. The number of thioether (sulfide) groups is 1. The van der Waals surface area contributed by atoms with Crippen molar-refractivity contribution in [1.82, 2.24) is 14.9 Å². The van der Waals surface area contributed by atoms with Crippen LogP contribution in [0.4, 0.5) is 8.78 Å². The predicted molar refractivity (Wildman–Crippen MR) is 92.4 cm³/mol. The second-order valence-electron chi connectivity index (χ2n) is 5.21. The van der Waals surface area contributed by atoms with Crippen molar-refractivity contribution in [3.05, 3.63) is 71.6 Å². The molecule has 0 atom stereocenters. The monoisotopic (exact) mass is 376 g/mol. The molecule has 3 aromatic rings. The molecule has 0 aliphatic heterocycles. The molecule has 134 valence electrons. The number of benzene rings is 2. The van der Waals surface area contributed by atoms with Crippen molar-refractivity contribution < 1.29 is 18.3 Å². The van der Waals surface area contributed by atoms with Crippen LogP contribution in [0.15, 0.2) is 53.7 Å². The van der Waals surface area contributed by atoms with E-state index < -0.39 is 17.4 Å². The summed E-state index contributed by atoms with van der Waals surface area (Å²) in [7, 11) is 0. The summed E-state index contributed by atoms with van der Waals surface area (Å²) in [5.41, 5.74) is -0.186. The van der Waals surface area contributed by atoms with E-state index in [-0.39, 0.29) is 23.1 Å². The lowest BCUT2D eigenvalue weighted by molar-refractivity contribution is 0.101. The van der Waals surface area contributed by atoms with Crippen molar-refractivity contribution in [2.75, 3.05) is 11.6 Å². The van der Waals surface area contributed by atoms with Gasteiger partial charge >= 0.3 is 0 Å². The summed E-state index contributed by atoms with van der Waals surface area (Å²) in [6, 6.07) is 11.9. The number of hydrogen-bond acceptors (Lipinski definition) is 6. The maximum absolute atomic E-state index is 13.6. The molecule has 9 heteroatoms. The number of nitrogen functional groups attached to an aromatic ring is 1. The van der Waals surface area contributed by atoms with Gasteiger partial charge in [-0.2, -0.15) is 0 Å². The van der Waals surface area contributed by atoms with Gasteiger partial charge in [-0.25, -0.2) is 13.5 Å². The van der Waals surface area contributed by atoms with Crippen LogP contribution in [0.5, 0.6) is 5.75 Å². The predicted octanol–water partition coefficient (Wildman–Crippen LogP) is 2.82. The second kappa shape index (κ2) is 7.96. The van der Waals surface area contributed by atoms with Crippen LogP contribution in [0, 0.1) is 11.6 Å². The lowest BCUT2D eigenvalue weighted by Crippen LogP contribution is -2.16. The SMILES string of the molecule is Nn1c(COc2ccccc2)nnc1SCC(=O)c1ccc(F)cc1F. The number of aromatic nitrogens is 3. The third-order valence-corrected chi connectivity index (χ3v) is 4.35. The Balaban J connectivity index is 1.60. The number of carbonyl (C=O) groups is 1. The topological polar surface area (TPSA) is 83.0 Å². The summed E-state index contributed by atoms with van der Waals surface area (Å²) in [6.07, 6.45) is 0. The number of nitrogens with zero attached hydrogens (tertiary/aromatic N) is 3. The van der Waals surface area contributed by atoms with Crippen LogP contribution in [-0.2, 0) is 6.61 Å². The molecule has 0 aliphatic rings. The number of carbonyl (C=O) groups excluding carboxylic acids is 1.